The molecule has 1 aromatic rings. The number of hydrogen-bond acceptors (Lipinski definition) is 6. The van der Waals surface area contributed by atoms with Gasteiger partial charge in [-0.25, -0.2) is 9.78 Å². The summed E-state index contributed by atoms with van der Waals surface area (Å²) in [6, 6.07) is 0.533. The molecule has 0 unspecified atom stereocenters. The first-order valence-electron chi connectivity index (χ1n) is 12.1. The summed E-state index contributed by atoms with van der Waals surface area (Å²) < 4.78 is 6.74. The molecule has 3 saturated carbocycles. The SMILES string of the molecule is O=C(O)CSc1cnc(NC(=O)N(C2CCCCC2)[C@H]2CC[C@H](COCC3CC3)CC2)s1. The van der Waals surface area contributed by atoms with Crippen LogP contribution < -0.4 is 5.32 Å². The van der Waals surface area contributed by atoms with Crippen LogP contribution in [0.5, 0.6) is 0 Å². The number of anilines is 1. The fourth-order valence-electron chi connectivity index (χ4n) is 4.94. The van der Waals surface area contributed by atoms with Gasteiger partial charge in [-0.3, -0.25) is 10.1 Å². The van der Waals surface area contributed by atoms with Crippen LogP contribution in [0, 0.1) is 11.8 Å². The van der Waals surface area contributed by atoms with Gasteiger partial charge in [-0.1, -0.05) is 30.6 Å². The molecule has 0 bridgehead atoms. The fraction of sp³-hybridized carbons (Fsp3) is 0.783. The number of carbonyl (C=O) groups is 2. The highest BCUT2D eigenvalue weighted by molar-refractivity contribution is 8.01. The summed E-state index contributed by atoms with van der Waals surface area (Å²) in [6.07, 6.45) is 14.4. The highest BCUT2D eigenvalue weighted by Crippen LogP contribution is 2.35. The van der Waals surface area contributed by atoms with Crippen molar-refractivity contribution in [1.29, 1.82) is 0 Å². The number of carboxylic acids is 1. The minimum Gasteiger partial charge on any atom is -0.481 e. The lowest BCUT2D eigenvalue weighted by atomic mass is 9.84. The van der Waals surface area contributed by atoms with Gasteiger partial charge in [0.05, 0.1) is 16.2 Å². The molecule has 2 amide bonds. The number of thioether (sulfide) groups is 1. The molecular formula is C23H35N3O4S2. The summed E-state index contributed by atoms with van der Waals surface area (Å²) in [4.78, 5) is 30.6. The van der Waals surface area contributed by atoms with E-state index < -0.39 is 5.97 Å². The Kier molecular flexibility index (Phi) is 8.71. The second kappa shape index (κ2) is 11.7. The van der Waals surface area contributed by atoms with E-state index in [1.165, 1.54) is 55.2 Å². The van der Waals surface area contributed by atoms with Crippen LogP contribution in [0.25, 0.3) is 0 Å². The van der Waals surface area contributed by atoms with E-state index in [1.807, 2.05) is 0 Å². The molecule has 2 N–H and O–H groups in total. The van der Waals surface area contributed by atoms with Crippen molar-refractivity contribution in [1.82, 2.24) is 9.88 Å². The molecule has 0 radical (unpaired) electrons. The molecule has 0 atom stereocenters. The topological polar surface area (TPSA) is 91.8 Å². The van der Waals surface area contributed by atoms with Crippen LogP contribution >= 0.6 is 23.1 Å². The third-order valence-corrected chi connectivity index (χ3v) is 8.94. The highest BCUT2D eigenvalue weighted by Gasteiger charge is 2.35. The molecule has 0 aromatic carbocycles. The number of ether oxygens (including phenoxy) is 1. The number of aromatic nitrogens is 1. The molecule has 32 heavy (non-hydrogen) atoms. The summed E-state index contributed by atoms with van der Waals surface area (Å²) in [6.45, 7) is 1.80. The molecule has 3 aliphatic carbocycles. The number of rotatable bonds is 10. The Morgan fingerprint density at radius 3 is 2.28 bits per heavy atom. The van der Waals surface area contributed by atoms with E-state index in [4.69, 9.17) is 9.84 Å². The first-order valence-corrected chi connectivity index (χ1v) is 13.9. The van der Waals surface area contributed by atoms with Crippen LogP contribution in [0.1, 0.15) is 70.6 Å². The third kappa shape index (κ3) is 7.09. The minimum atomic E-state index is -0.856. The Morgan fingerprint density at radius 1 is 1.03 bits per heavy atom. The summed E-state index contributed by atoms with van der Waals surface area (Å²) in [5.74, 6) is 0.572. The molecule has 3 aliphatic rings. The van der Waals surface area contributed by atoms with Crippen molar-refractivity contribution in [3.05, 3.63) is 6.20 Å². The van der Waals surface area contributed by atoms with Gasteiger partial charge in [0, 0.05) is 25.3 Å². The fourth-order valence-corrected chi connectivity index (χ4v) is 6.52. The molecule has 4 rings (SSSR count). The van der Waals surface area contributed by atoms with Gasteiger partial charge in [-0.2, -0.15) is 0 Å². The smallest absolute Gasteiger partial charge is 0.324 e. The normalized spacial score (nSPS) is 24.2. The number of nitrogens with one attached hydrogen (secondary N) is 1. The van der Waals surface area contributed by atoms with Crippen LogP contribution in [0.2, 0.25) is 0 Å². The Labute approximate surface area is 198 Å². The van der Waals surface area contributed by atoms with Crippen molar-refractivity contribution in [3.63, 3.8) is 0 Å². The Hall–Kier alpha value is -1.32. The van der Waals surface area contributed by atoms with Crippen LogP contribution in [0.3, 0.4) is 0 Å². The first kappa shape index (κ1) is 23.8. The molecule has 0 aliphatic heterocycles. The number of urea groups is 1. The maximum absolute atomic E-state index is 13.4. The summed E-state index contributed by atoms with van der Waals surface area (Å²) in [5, 5.41) is 12.4. The number of amides is 2. The number of nitrogens with zero attached hydrogens (tertiary/aromatic N) is 2. The Bertz CT molecular complexity index is 756. The van der Waals surface area contributed by atoms with Gasteiger partial charge >= 0.3 is 12.0 Å². The van der Waals surface area contributed by atoms with Crippen LogP contribution in [0.4, 0.5) is 9.93 Å². The van der Waals surface area contributed by atoms with Gasteiger partial charge < -0.3 is 14.7 Å². The lowest BCUT2D eigenvalue weighted by Crippen LogP contribution is -2.51. The minimum absolute atomic E-state index is 0.00259. The van der Waals surface area contributed by atoms with E-state index in [-0.39, 0.29) is 17.8 Å². The van der Waals surface area contributed by atoms with Crippen LogP contribution in [0.15, 0.2) is 10.4 Å². The monoisotopic (exact) mass is 481 g/mol. The van der Waals surface area contributed by atoms with E-state index in [1.54, 1.807) is 6.20 Å². The van der Waals surface area contributed by atoms with Crippen LogP contribution in [-0.4, -0.2) is 58.0 Å². The number of aliphatic carboxylic acids is 1. The van der Waals surface area contributed by atoms with E-state index >= 15 is 0 Å². The largest absolute Gasteiger partial charge is 0.481 e. The second-order valence-electron chi connectivity index (χ2n) is 9.45. The summed E-state index contributed by atoms with van der Waals surface area (Å²) >= 11 is 2.58. The van der Waals surface area contributed by atoms with Crippen molar-refractivity contribution in [2.24, 2.45) is 11.8 Å². The van der Waals surface area contributed by atoms with Crippen LogP contribution in [-0.2, 0) is 9.53 Å². The predicted molar refractivity (Wildman–Crippen MR) is 127 cm³/mol. The van der Waals surface area contributed by atoms with Gasteiger partial charge in [0.1, 0.15) is 0 Å². The van der Waals surface area contributed by atoms with Crippen molar-refractivity contribution in [3.8, 4) is 0 Å². The lowest BCUT2D eigenvalue weighted by molar-refractivity contribution is -0.133. The van der Waals surface area contributed by atoms with E-state index in [0.717, 1.165) is 61.9 Å². The molecule has 1 aromatic heterocycles. The molecule has 7 nitrogen and oxygen atoms in total. The van der Waals surface area contributed by atoms with Crippen molar-refractivity contribution < 1.29 is 19.4 Å². The Morgan fingerprint density at radius 2 is 1.66 bits per heavy atom. The molecule has 1 heterocycles. The molecule has 0 spiro atoms. The first-order chi connectivity index (χ1) is 15.6. The maximum atomic E-state index is 13.4. The number of carboxylic acid groups (broad SMARTS) is 1. The standard InChI is InChI=1S/C23H35N3O4S2/c27-20(28)15-31-21-12-24-22(32-21)25-23(29)26(18-4-2-1-3-5-18)19-10-8-17(9-11-19)14-30-13-16-6-7-16/h12,16-19H,1-11,13-15H2,(H,27,28)(H,24,25,29)/t17-,19-. The number of carbonyl (C=O) groups excluding carboxylic acids is 1. The number of hydrogen-bond donors (Lipinski definition) is 2. The lowest BCUT2D eigenvalue weighted by Gasteiger charge is -2.42. The van der Waals surface area contributed by atoms with Crippen molar-refractivity contribution in [2.75, 3.05) is 24.3 Å². The van der Waals surface area contributed by atoms with Crippen molar-refractivity contribution in [2.45, 2.75) is 86.9 Å². The average Bonchev–Trinajstić information content (AvgIpc) is 3.51. The zero-order valence-electron chi connectivity index (χ0n) is 18.7. The quantitative estimate of drug-likeness (QED) is 0.431. The zero-order chi connectivity index (χ0) is 22.3. The van der Waals surface area contributed by atoms with E-state index in [9.17, 15) is 9.59 Å². The predicted octanol–water partition coefficient (Wildman–Crippen LogP) is 5.47. The summed E-state index contributed by atoms with van der Waals surface area (Å²) in [7, 11) is 0. The molecule has 3 fully saturated rings. The summed E-state index contributed by atoms with van der Waals surface area (Å²) in [5.41, 5.74) is 0. The third-order valence-electron chi connectivity index (χ3n) is 6.85. The number of thiazole rings is 1. The van der Waals surface area contributed by atoms with Gasteiger partial charge in [-0.15, -0.1) is 11.8 Å². The maximum Gasteiger partial charge on any atom is 0.324 e. The van der Waals surface area contributed by atoms with Crippen molar-refractivity contribution >= 4 is 40.2 Å². The van der Waals surface area contributed by atoms with Gasteiger partial charge in [0.25, 0.3) is 0 Å². The molecule has 0 saturated heterocycles. The molecular weight excluding hydrogens is 446 g/mol. The molecule has 178 valence electrons. The van der Waals surface area contributed by atoms with Gasteiger partial charge in [0.15, 0.2) is 5.13 Å². The highest BCUT2D eigenvalue weighted by atomic mass is 32.2. The average molecular weight is 482 g/mol. The van der Waals surface area contributed by atoms with E-state index in [0.29, 0.717) is 17.1 Å². The van der Waals surface area contributed by atoms with Gasteiger partial charge in [0.2, 0.25) is 0 Å². The van der Waals surface area contributed by atoms with E-state index in [2.05, 4.69) is 15.2 Å². The second-order valence-corrected chi connectivity index (χ2v) is 11.8. The van der Waals surface area contributed by atoms with Gasteiger partial charge in [-0.05, 0) is 63.2 Å². The zero-order valence-corrected chi connectivity index (χ0v) is 20.3. The molecule has 9 heteroatoms. The Balaban J connectivity index is 1.32.